The highest BCUT2D eigenvalue weighted by Gasteiger charge is 2.47. The van der Waals surface area contributed by atoms with E-state index in [1.54, 1.807) is 6.07 Å². The first-order valence-corrected chi connectivity index (χ1v) is 13.5. The lowest BCUT2D eigenvalue weighted by molar-refractivity contribution is -0.161. The molecule has 2 atom stereocenters. The second-order valence-electron chi connectivity index (χ2n) is 11.2. The summed E-state index contributed by atoms with van der Waals surface area (Å²) in [6.07, 6.45) is -3.45. The Balaban J connectivity index is 1.42. The van der Waals surface area contributed by atoms with Crippen molar-refractivity contribution in [2.75, 3.05) is 26.2 Å². The number of piperazine rings is 1. The third-order valence-corrected chi connectivity index (χ3v) is 7.55. The maximum absolute atomic E-state index is 14.4. The molecule has 1 amide bonds. The molecular weight excluding hydrogens is 507 g/mol. The Morgan fingerprint density at radius 2 is 1.87 bits per heavy atom. The van der Waals surface area contributed by atoms with Crippen LogP contribution in [0.5, 0.6) is 0 Å². The fraction of sp³-hybridized carbons (Fsp3) is 0.517. The number of nitrogens with zero attached hydrogens (tertiary/aromatic N) is 2. The van der Waals surface area contributed by atoms with Crippen molar-refractivity contribution in [2.45, 2.75) is 63.5 Å². The zero-order chi connectivity index (χ0) is 27.8. The highest BCUT2D eigenvalue weighted by Crippen LogP contribution is 2.38. The topological polar surface area (TPSA) is 93.3 Å². The van der Waals surface area contributed by atoms with Crippen LogP contribution in [0.3, 0.4) is 0 Å². The van der Waals surface area contributed by atoms with Gasteiger partial charge in [-0.15, -0.1) is 0 Å². The van der Waals surface area contributed by atoms with E-state index in [-0.39, 0.29) is 17.9 Å². The zero-order valence-electron chi connectivity index (χ0n) is 22.2. The molecule has 5 rings (SSSR count). The number of halogens is 3. The van der Waals surface area contributed by atoms with Crippen molar-refractivity contribution in [3.8, 4) is 6.07 Å². The number of hydrogen-bond acceptors (Lipinski definition) is 6. The molecule has 7 nitrogen and oxygen atoms in total. The van der Waals surface area contributed by atoms with E-state index in [0.717, 1.165) is 49.1 Å². The molecular formula is C29H34F3N5O2. The van der Waals surface area contributed by atoms with E-state index in [2.05, 4.69) is 26.9 Å². The van der Waals surface area contributed by atoms with Gasteiger partial charge >= 0.3 is 6.18 Å². The Hall–Kier alpha value is -3.13. The third-order valence-electron chi connectivity index (χ3n) is 7.55. The standard InChI is InChI=1S/C29H34F3N5O2/c1-18(2)13-23(27(38)36-28(17-33)7-8-28)35-26(29(30,31)32)20-4-5-21-22-14-19(16-37-11-9-34-10-12-37)3-6-24(22)39-25(21)15-20/h3-6,14-15,18,23,26,34-35H,7-13,16H2,1-2H3,(H,36,38). The molecule has 1 aromatic heterocycles. The number of carbonyl (C=O) groups is 1. The number of rotatable bonds is 9. The maximum atomic E-state index is 14.4. The maximum Gasteiger partial charge on any atom is 0.407 e. The van der Waals surface area contributed by atoms with Gasteiger partial charge in [0.05, 0.1) is 12.1 Å². The second kappa shape index (κ2) is 10.8. The fourth-order valence-electron chi connectivity index (χ4n) is 5.26. The lowest BCUT2D eigenvalue weighted by Gasteiger charge is -2.29. The summed E-state index contributed by atoms with van der Waals surface area (Å²) < 4.78 is 49.1. The summed E-state index contributed by atoms with van der Waals surface area (Å²) in [7, 11) is 0. The quantitative estimate of drug-likeness (QED) is 0.361. The number of benzene rings is 2. The van der Waals surface area contributed by atoms with Crippen molar-refractivity contribution in [3.63, 3.8) is 0 Å². The van der Waals surface area contributed by atoms with Crippen molar-refractivity contribution in [1.82, 2.24) is 20.9 Å². The van der Waals surface area contributed by atoms with E-state index >= 15 is 0 Å². The van der Waals surface area contributed by atoms with Gasteiger partial charge in [0.25, 0.3) is 0 Å². The summed E-state index contributed by atoms with van der Waals surface area (Å²) in [5.74, 6) is -0.619. The minimum absolute atomic E-state index is 0.0296. The predicted molar refractivity (Wildman–Crippen MR) is 143 cm³/mol. The van der Waals surface area contributed by atoms with Crippen LogP contribution in [0.2, 0.25) is 0 Å². The Morgan fingerprint density at radius 3 is 2.51 bits per heavy atom. The summed E-state index contributed by atoms with van der Waals surface area (Å²) >= 11 is 0. The average Bonchev–Trinajstić information content (AvgIpc) is 3.57. The van der Waals surface area contributed by atoms with Crippen LogP contribution in [0.15, 0.2) is 40.8 Å². The van der Waals surface area contributed by atoms with Gasteiger partial charge in [0.1, 0.15) is 22.7 Å². The molecule has 1 saturated heterocycles. The van der Waals surface area contributed by atoms with Gasteiger partial charge in [-0.25, -0.2) is 0 Å². The normalized spacial score (nSPS) is 19.2. The third kappa shape index (κ3) is 6.21. The first-order valence-electron chi connectivity index (χ1n) is 13.5. The van der Waals surface area contributed by atoms with Crippen LogP contribution in [0, 0.1) is 17.2 Å². The molecule has 10 heteroatoms. The highest BCUT2D eigenvalue weighted by molar-refractivity contribution is 6.05. The molecule has 208 valence electrons. The Kier molecular flexibility index (Phi) is 7.60. The molecule has 1 aliphatic heterocycles. The molecule has 0 radical (unpaired) electrons. The van der Waals surface area contributed by atoms with E-state index in [9.17, 15) is 23.2 Å². The molecule has 1 saturated carbocycles. The largest absolute Gasteiger partial charge is 0.456 e. The molecule has 39 heavy (non-hydrogen) atoms. The van der Waals surface area contributed by atoms with E-state index in [4.69, 9.17) is 4.42 Å². The van der Waals surface area contributed by atoms with E-state index < -0.39 is 29.7 Å². The van der Waals surface area contributed by atoms with Gasteiger partial charge in [-0.2, -0.15) is 18.4 Å². The Bertz CT molecular complexity index is 1380. The van der Waals surface area contributed by atoms with Crippen LogP contribution in [0.25, 0.3) is 21.9 Å². The zero-order valence-corrected chi connectivity index (χ0v) is 22.2. The smallest absolute Gasteiger partial charge is 0.407 e. The summed E-state index contributed by atoms with van der Waals surface area (Å²) in [6, 6.07) is 9.33. The number of fused-ring (bicyclic) bond motifs is 3. The molecule has 0 bridgehead atoms. The second-order valence-corrected chi connectivity index (χ2v) is 11.2. The minimum Gasteiger partial charge on any atom is -0.456 e. The van der Waals surface area contributed by atoms with Gasteiger partial charge in [-0.05, 0) is 54.5 Å². The molecule has 0 spiro atoms. The van der Waals surface area contributed by atoms with Gasteiger partial charge < -0.3 is 15.1 Å². The first kappa shape index (κ1) is 27.4. The molecule has 3 aromatic rings. The van der Waals surface area contributed by atoms with Crippen molar-refractivity contribution >= 4 is 27.8 Å². The molecule has 2 aliphatic rings. The van der Waals surface area contributed by atoms with E-state index in [1.165, 1.54) is 12.1 Å². The lowest BCUT2D eigenvalue weighted by atomic mass is 9.98. The SMILES string of the molecule is CC(C)CC(NC(c1ccc2c(c1)oc1ccc(CN3CCNCC3)cc12)C(F)(F)F)C(=O)NC1(C#N)CC1. The lowest BCUT2D eigenvalue weighted by Crippen LogP contribution is -2.52. The van der Waals surface area contributed by atoms with Crippen LogP contribution >= 0.6 is 0 Å². The van der Waals surface area contributed by atoms with Crippen molar-refractivity contribution in [1.29, 1.82) is 5.26 Å². The number of nitriles is 1. The van der Waals surface area contributed by atoms with Crippen LogP contribution < -0.4 is 16.0 Å². The molecule has 3 N–H and O–H groups in total. The minimum atomic E-state index is -4.65. The summed E-state index contributed by atoms with van der Waals surface area (Å²) in [5, 5.41) is 19.5. The Labute approximate surface area is 225 Å². The number of amides is 1. The van der Waals surface area contributed by atoms with Gasteiger partial charge in [-0.1, -0.05) is 32.0 Å². The van der Waals surface area contributed by atoms with Gasteiger partial charge in [0.2, 0.25) is 5.91 Å². The highest BCUT2D eigenvalue weighted by atomic mass is 19.4. The number of alkyl halides is 3. The van der Waals surface area contributed by atoms with Crippen LogP contribution in [-0.2, 0) is 11.3 Å². The summed E-state index contributed by atoms with van der Waals surface area (Å²) in [6.45, 7) is 8.32. The van der Waals surface area contributed by atoms with Crippen LogP contribution in [0.1, 0.15) is 50.3 Å². The van der Waals surface area contributed by atoms with Crippen molar-refractivity contribution in [2.24, 2.45) is 5.92 Å². The Morgan fingerprint density at radius 1 is 1.13 bits per heavy atom. The molecule has 2 heterocycles. The fourth-order valence-corrected chi connectivity index (χ4v) is 5.26. The number of furan rings is 1. The molecule has 2 unspecified atom stereocenters. The number of nitrogens with one attached hydrogen (secondary N) is 3. The van der Waals surface area contributed by atoms with E-state index in [0.29, 0.717) is 24.0 Å². The first-order chi connectivity index (χ1) is 18.6. The molecule has 1 aliphatic carbocycles. The summed E-state index contributed by atoms with van der Waals surface area (Å²) in [4.78, 5) is 15.3. The average molecular weight is 542 g/mol. The van der Waals surface area contributed by atoms with Gasteiger partial charge in [0.15, 0.2) is 0 Å². The predicted octanol–water partition coefficient (Wildman–Crippen LogP) is 4.77. The van der Waals surface area contributed by atoms with Gasteiger partial charge in [0, 0.05) is 43.5 Å². The van der Waals surface area contributed by atoms with Crippen molar-refractivity contribution < 1.29 is 22.4 Å². The van der Waals surface area contributed by atoms with Crippen molar-refractivity contribution in [3.05, 3.63) is 47.5 Å². The molecule has 2 fully saturated rings. The van der Waals surface area contributed by atoms with E-state index in [1.807, 2.05) is 32.0 Å². The number of hydrogen-bond donors (Lipinski definition) is 3. The summed E-state index contributed by atoms with van der Waals surface area (Å²) in [5.41, 5.74) is 1.12. The monoisotopic (exact) mass is 541 g/mol. The van der Waals surface area contributed by atoms with Gasteiger partial charge in [-0.3, -0.25) is 15.0 Å². The van der Waals surface area contributed by atoms with Crippen LogP contribution in [0.4, 0.5) is 13.2 Å². The van der Waals surface area contributed by atoms with Crippen LogP contribution in [-0.4, -0.2) is 54.7 Å². The number of carbonyl (C=O) groups excluding carboxylic acids is 1. The molecule has 2 aromatic carbocycles.